The third-order valence-corrected chi connectivity index (χ3v) is 6.12. The number of thiazole rings is 1. The second-order valence-corrected chi connectivity index (χ2v) is 7.66. The van der Waals surface area contributed by atoms with E-state index in [1.54, 1.807) is 0 Å². The fourth-order valence-corrected chi connectivity index (χ4v) is 4.59. The van der Waals surface area contributed by atoms with E-state index in [2.05, 4.69) is 38.9 Å². The first-order chi connectivity index (χ1) is 10.7. The molecule has 2 aliphatic rings. The van der Waals surface area contributed by atoms with Crippen LogP contribution in [0.15, 0.2) is 5.38 Å². The molecule has 2 saturated heterocycles. The molecule has 0 aliphatic carbocycles. The van der Waals surface area contributed by atoms with Crippen molar-refractivity contribution in [1.82, 2.24) is 19.7 Å². The maximum Gasteiger partial charge on any atom is 0.107 e. The van der Waals surface area contributed by atoms with Crippen molar-refractivity contribution in [3.8, 4) is 0 Å². The zero-order valence-corrected chi connectivity index (χ0v) is 14.9. The van der Waals surface area contributed by atoms with Crippen LogP contribution in [0.4, 0.5) is 0 Å². The maximum absolute atomic E-state index is 4.62. The van der Waals surface area contributed by atoms with Gasteiger partial charge in [0.2, 0.25) is 0 Å². The summed E-state index contributed by atoms with van der Waals surface area (Å²) in [5, 5.41) is 3.45. The van der Waals surface area contributed by atoms with Gasteiger partial charge >= 0.3 is 0 Å². The minimum absolute atomic E-state index is 0.824. The predicted molar refractivity (Wildman–Crippen MR) is 93.5 cm³/mol. The van der Waals surface area contributed by atoms with Crippen molar-refractivity contribution >= 4 is 11.3 Å². The molecule has 0 atom stereocenters. The van der Waals surface area contributed by atoms with Crippen molar-refractivity contribution in [2.45, 2.75) is 45.7 Å². The third-order valence-electron chi connectivity index (χ3n) is 5.17. The van der Waals surface area contributed by atoms with E-state index < -0.39 is 0 Å². The number of hydrogen-bond acceptors (Lipinski definition) is 5. The summed E-state index contributed by atoms with van der Waals surface area (Å²) in [5.74, 6) is 0. The number of aromatic nitrogens is 1. The lowest BCUT2D eigenvalue weighted by Crippen LogP contribution is -2.46. The van der Waals surface area contributed by atoms with E-state index in [9.17, 15) is 0 Å². The molecule has 3 rings (SSSR count). The Kier molecular flexibility index (Phi) is 5.85. The Bertz CT molecular complexity index is 453. The van der Waals surface area contributed by atoms with Gasteiger partial charge < -0.3 is 4.90 Å². The van der Waals surface area contributed by atoms with Crippen LogP contribution in [-0.4, -0.2) is 71.5 Å². The second kappa shape index (κ2) is 7.86. The molecule has 0 spiro atoms. The first-order valence-electron chi connectivity index (χ1n) is 8.84. The highest BCUT2D eigenvalue weighted by molar-refractivity contribution is 7.09. The molecule has 0 unspecified atom stereocenters. The quantitative estimate of drug-likeness (QED) is 0.849. The van der Waals surface area contributed by atoms with Crippen molar-refractivity contribution in [1.29, 1.82) is 0 Å². The van der Waals surface area contributed by atoms with Gasteiger partial charge in [-0.05, 0) is 58.9 Å². The van der Waals surface area contributed by atoms with Crippen molar-refractivity contribution in [3.05, 3.63) is 16.1 Å². The Morgan fingerprint density at radius 1 is 1.09 bits per heavy atom. The highest BCUT2D eigenvalue weighted by atomic mass is 32.1. The average molecular weight is 323 g/mol. The highest BCUT2D eigenvalue weighted by Crippen LogP contribution is 2.19. The summed E-state index contributed by atoms with van der Waals surface area (Å²) in [4.78, 5) is 12.6. The Morgan fingerprint density at radius 2 is 1.91 bits per heavy atom. The van der Waals surface area contributed by atoms with E-state index in [1.165, 1.54) is 75.8 Å². The van der Waals surface area contributed by atoms with Crippen molar-refractivity contribution in [3.63, 3.8) is 0 Å². The SMILES string of the molecule is CCN1CCC(N2CCCN(Cc3nc(C)cs3)CC2)CC1. The molecule has 0 N–H and O–H groups in total. The zero-order chi connectivity index (χ0) is 15.4. The van der Waals surface area contributed by atoms with Gasteiger partial charge in [0.15, 0.2) is 0 Å². The minimum atomic E-state index is 0.824. The monoisotopic (exact) mass is 322 g/mol. The number of hydrogen-bond donors (Lipinski definition) is 0. The van der Waals surface area contributed by atoms with Crippen LogP contribution in [0.2, 0.25) is 0 Å². The predicted octanol–water partition coefficient (Wildman–Crippen LogP) is 2.44. The summed E-state index contributed by atoms with van der Waals surface area (Å²) in [6.45, 7) is 14.2. The molecule has 22 heavy (non-hydrogen) atoms. The van der Waals surface area contributed by atoms with Gasteiger partial charge in [0.25, 0.3) is 0 Å². The van der Waals surface area contributed by atoms with E-state index in [4.69, 9.17) is 0 Å². The van der Waals surface area contributed by atoms with Gasteiger partial charge in [-0.2, -0.15) is 0 Å². The molecular weight excluding hydrogens is 292 g/mol. The fourth-order valence-electron chi connectivity index (χ4n) is 3.78. The summed E-state index contributed by atoms with van der Waals surface area (Å²) in [5.41, 5.74) is 1.17. The van der Waals surface area contributed by atoms with E-state index >= 15 is 0 Å². The molecule has 124 valence electrons. The summed E-state index contributed by atoms with van der Waals surface area (Å²) >= 11 is 1.81. The van der Waals surface area contributed by atoms with E-state index in [-0.39, 0.29) is 0 Å². The van der Waals surface area contributed by atoms with Crippen LogP contribution in [0.3, 0.4) is 0 Å². The molecule has 1 aromatic heterocycles. The van der Waals surface area contributed by atoms with Gasteiger partial charge in [-0.15, -0.1) is 11.3 Å². The molecule has 0 radical (unpaired) electrons. The van der Waals surface area contributed by atoms with E-state index in [1.807, 2.05) is 11.3 Å². The maximum atomic E-state index is 4.62. The van der Waals surface area contributed by atoms with Crippen LogP contribution < -0.4 is 0 Å². The molecule has 5 heteroatoms. The first kappa shape index (κ1) is 16.4. The van der Waals surface area contributed by atoms with Crippen LogP contribution in [0, 0.1) is 6.92 Å². The van der Waals surface area contributed by atoms with Crippen molar-refractivity contribution in [2.75, 3.05) is 45.8 Å². The zero-order valence-electron chi connectivity index (χ0n) is 14.1. The number of likely N-dealkylation sites (tertiary alicyclic amines) is 1. The standard InChI is InChI=1S/C17H30N4S/c1-3-19-9-5-16(6-10-19)21-8-4-7-20(11-12-21)13-17-18-15(2)14-22-17/h14,16H,3-13H2,1-2H3. The van der Waals surface area contributed by atoms with Gasteiger partial charge in [0.1, 0.15) is 5.01 Å². The summed E-state index contributed by atoms with van der Waals surface area (Å²) < 4.78 is 0. The third kappa shape index (κ3) is 4.28. The minimum Gasteiger partial charge on any atom is -0.303 e. The van der Waals surface area contributed by atoms with Crippen LogP contribution in [-0.2, 0) is 6.54 Å². The Labute approximate surface area is 139 Å². The van der Waals surface area contributed by atoms with Crippen molar-refractivity contribution < 1.29 is 0 Å². The van der Waals surface area contributed by atoms with E-state index in [0.29, 0.717) is 0 Å². The molecule has 0 saturated carbocycles. The Hall–Kier alpha value is -0.490. The van der Waals surface area contributed by atoms with Gasteiger partial charge in [-0.3, -0.25) is 9.80 Å². The molecule has 4 nitrogen and oxygen atoms in total. The van der Waals surface area contributed by atoms with Gasteiger partial charge in [-0.1, -0.05) is 6.92 Å². The number of piperidine rings is 1. The number of nitrogens with zero attached hydrogens (tertiary/aromatic N) is 4. The molecular formula is C17H30N4S. The van der Waals surface area contributed by atoms with Crippen molar-refractivity contribution in [2.24, 2.45) is 0 Å². The summed E-state index contributed by atoms with van der Waals surface area (Å²) in [6, 6.07) is 0.824. The molecule has 1 aromatic rings. The summed E-state index contributed by atoms with van der Waals surface area (Å²) in [6.07, 6.45) is 4.03. The molecule has 0 aromatic carbocycles. The molecule has 2 aliphatic heterocycles. The molecule has 3 heterocycles. The van der Waals surface area contributed by atoms with Crippen LogP contribution >= 0.6 is 11.3 Å². The van der Waals surface area contributed by atoms with Crippen LogP contribution in [0.1, 0.15) is 36.9 Å². The molecule has 0 amide bonds. The van der Waals surface area contributed by atoms with Crippen LogP contribution in [0.5, 0.6) is 0 Å². The lowest BCUT2D eigenvalue weighted by Gasteiger charge is -2.37. The van der Waals surface area contributed by atoms with Gasteiger partial charge in [-0.25, -0.2) is 4.98 Å². The van der Waals surface area contributed by atoms with Gasteiger partial charge in [0.05, 0.1) is 6.54 Å². The largest absolute Gasteiger partial charge is 0.303 e. The molecule has 0 bridgehead atoms. The number of aryl methyl sites for hydroxylation is 1. The lowest BCUT2D eigenvalue weighted by atomic mass is 10.0. The number of rotatable bonds is 4. The smallest absolute Gasteiger partial charge is 0.107 e. The summed E-state index contributed by atoms with van der Waals surface area (Å²) in [7, 11) is 0. The molecule has 2 fully saturated rings. The first-order valence-corrected chi connectivity index (χ1v) is 9.72. The Morgan fingerprint density at radius 3 is 2.59 bits per heavy atom. The van der Waals surface area contributed by atoms with Gasteiger partial charge in [0, 0.05) is 30.2 Å². The highest BCUT2D eigenvalue weighted by Gasteiger charge is 2.25. The second-order valence-electron chi connectivity index (χ2n) is 6.71. The van der Waals surface area contributed by atoms with E-state index in [0.717, 1.165) is 12.6 Å². The van der Waals surface area contributed by atoms with Crippen LogP contribution in [0.25, 0.3) is 0 Å². The topological polar surface area (TPSA) is 22.6 Å². The fraction of sp³-hybridized carbons (Fsp3) is 0.824. The lowest BCUT2D eigenvalue weighted by molar-refractivity contribution is 0.113. The Balaban J connectivity index is 1.47. The normalized spacial score (nSPS) is 23.7. The average Bonchev–Trinajstić information content (AvgIpc) is 2.81.